The number of amides is 1. The highest BCUT2D eigenvalue weighted by molar-refractivity contribution is 9.10. The average Bonchev–Trinajstić information content (AvgIpc) is 2.49. The van der Waals surface area contributed by atoms with Crippen LogP contribution >= 0.6 is 15.9 Å². The highest BCUT2D eigenvalue weighted by Gasteiger charge is 2.15. The molecule has 2 rings (SSSR count). The molecule has 0 unspecified atom stereocenters. The van der Waals surface area contributed by atoms with Gasteiger partial charge >= 0.3 is 0 Å². The quantitative estimate of drug-likeness (QED) is 0.810. The van der Waals surface area contributed by atoms with Crippen LogP contribution < -0.4 is 4.74 Å². The van der Waals surface area contributed by atoms with Gasteiger partial charge in [-0.15, -0.1) is 0 Å². The lowest BCUT2D eigenvalue weighted by atomic mass is 10.1. The lowest BCUT2D eigenvalue weighted by molar-refractivity contribution is 0.0784. The minimum atomic E-state index is 0.00475. The summed E-state index contributed by atoms with van der Waals surface area (Å²) in [6.45, 7) is 4.55. The maximum atomic E-state index is 12.6. The van der Waals surface area contributed by atoms with E-state index in [9.17, 15) is 4.79 Å². The summed E-state index contributed by atoms with van der Waals surface area (Å²) in [4.78, 5) is 14.3. The van der Waals surface area contributed by atoms with Gasteiger partial charge in [0.25, 0.3) is 5.91 Å². The third kappa shape index (κ3) is 3.69. The van der Waals surface area contributed by atoms with Gasteiger partial charge in [0.05, 0.1) is 7.11 Å². The molecular weight excluding hydrogens is 342 g/mol. The van der Waals surface area contributed by atoms with Gasteiger partial charge in [-0.05, 0) is 55.3 Å². The molecule has 0 aromatic heterocycles. The Hall–Kier alpha value is -1.81. The predicted octanol–water partition coefficient (Wildman–Crippen LogP) is 4.35. The molecule has 3 nitrogen and oxygen atoms in total. The first-order valence-electron chi connectivity index (χ1n) is 7.07. The summed E-state index contributed by atoms with van der Waals surface area (Å²) in [7, 11) is 3.44. The van der Waals surface area contributed by atoms with Crippen molar-refractivity contribution in [3.05, 3.63) is 63.1 Å². The first-order valence-corrected chi connectivity index (χ1v) is 7.87. The van der Waals surface area contributed by atoms with E-state index in [1.54, 1.807) is 19.1 Å². The average molecular weight is 362 g/mol. The predicted molar refractivity (Wildman–Crippen MR) is 92.4 cm³/mol. The van der Waals surface area contributed by atoms with Crippen molar-refractivity contribution >= 4 is 21.8 Å². The summed E-state index contributed by atoms with van der Waals surface area (Å²) in [5.41, 5.74) is 3.99. The van der Waals surface area contributed by atoms with E-state index in [2.05, 4.69) is 15.9 Å². The monoisotopic (exact) mass is 361 g/mol. The van der Waals surface area contributed by atoms with Crippen LogP contribution in [0.15, 0.2) is 40.9 Å². The van der Waals surface area contributed by atoms with Crippen molar-refractivity contribution in [1.29, 1.82) is 0 Å². The van der Waals surface area contributed by atoms with E-state index in [-0.39, 0.29) is 5.91 Å². The van der Waals surface area contributed by atoms with Crippen LogP contribution in [0.5, 0.6) is 5.75 Å². The lowest BCUT2D eigenvalue weighted by Crippen LogP contribution is -2.26. The van der Waals surface area contributed by atoms with Crippen LogP contribution in [0.1, 0.15) is 27.0 Å². The number of nitrogens with zero attached hydrogens (tertiary/aromatic N) is 1. The number of hydrogen-bond acceptors (Lipinski definition) is 2. The van der Waals surface area contributed by atoms with Gasteiger partial charge in [-0.25, -0.2) is 0 Å². The van der Waals surface area contributed by atoms with Crippen LogP contribution in [0.2, 0.25) is 0 Å². The molecule has 0 saturated heterocycles. The zero-order valence-corrected chi connectivity index (χ0v) is 14.9. The highest BCUT2D eigenvalue weighted by Crippen LogP contribution is 2.24. The van der Waals surface area contributed by atoms with Crippen molar-refractivity contribution in [2.45, 2.75) is 20.4 Å². The Labute approximate surface area is 140 Å². The molecule has 0 aliphatic rings. The molecule has 0 heterocycles. The number of aryl methyl sites for hydroxylation is 2. The molecule has 22 heavy (non-hydrogen) atoms. The Balaban J connectivity index is 2.21. The van der Waals surface area contributed by atoms with E-state index < -0.39 is 0 Å². The molecule has 0 aliphatic carbocycles. The Morgan fingerprint density at radius 1 is 1.14 bits per heavy atom. The molecule has 0 fully saturated rings. The third-order valence-electron chi connectivity index (χ3n) is 3.75. The van der Waals surface area contributed by atoms with Crippen LogP contribution in [0.3, 0.4) is 0 Å². The molecule has 2 aromatic carbocycles. The molecule has 4 heteroatoms. The fourth-order valence-corrected chi connectivity index (χ4v) is 2.70. The molecule has 0 bridgehead atoms. The van der Waals surface area contributed by atoms with E-state index >= 15 is 0 Å². The van der Waals surface area contributed by atoms with E-state index in [0.717, 1.165) is 21.3 Å². The Kier molecular flexibility index (Phi) is 5.24. The summed E-state index contributed by atoms with van der Waals surface area (Å²) in [6, 6.07) is 11.6. The van der Waals surface area contributed by atoms with Crippen molar-refractivity contribution in [1.82, 2.24) is 4.90 Å². The van der Waals surface area contributed by atoms with E-state index in [1.807, 2.05) is 50.2 Å². The zero-order valence-electron chi connectivity index (χ0n) is 13.3. The first kappa shape index (κ1) is 16.6. The molecule has 0 radical (unpaired) electrons. The number of ether oxygens (including phenoxy) is 1. The molecular formula is C18H20BrNO2. The summed E-state index contributed by atoms with van der Waals surface area (Å²) < 4.78 is 6.33. The number of rotatable bonds is 4. The van der Waals surface area contributed by atoms with Gasteiger partial charge in [-0.1, -0.05) is 22.0 Å². The van der Waals surface area contributed by atoms with Gasteiger partial charge in [-0.3, -0.25) is 4.79 Å². The van der Waals surface area contributed by atoms with Crippen LogP contribution in [0, 0.1) is 13.8 Å². The van der Waals surface area contributed by atoms with Crippen LogP contribution in [-0.2, 0) is 6.54 Å². The molecule has 0 saturated carbocycles. The third-order valence-corrected chi connectivity index (χ3v) is 4.24. The number of carbonyl (C=O) groups excluding carboxylic acids is 1. The van der Waals surface area contributed by atoms with E-state index in [1.165, 1.54) is 5.56 Å². The second kappa shape index (κ2) is 6.97. The fraction of sp³-hybridized carbons (Fsp3) is 0.278. The molecule has 0 N–H and O–H groups in total. The van der Waals surface area contributed by atoms with Crippen LogP contribution in [0.25, 0.3) is 0 Å². The Morgan fingerprint density at radius 2 is 1.86 bits per heavy atom. The normalized spacial score (nSPS) is 10.4. The smallest absolute Gasteiger partial charge is 0.253 e. The number of benzene rings is 2. The minimum Gasteiger partial charge on any atom is -0.496 e. The summed E-state index contributed by atoms with van der Waals surface area (Å²) >= 11 is 3.46. The summed E-state index contributed by atoms with van der Waals surface area (Å²) in [5.74, 6) is 0.785. The first-order chi connectivity index (χ1) is 10.4. The van der Waals surface area contributed by atoms with Crippen molar-refractivity contribution in [3.63, 3.8) is 0 Å². The van der Waals surface area contributed by atoms with E-state index in [4.69, 9.17) is 4.74 Å². The van der Waals surface area contributed by atoms with Gasteiger partial charge in [0, 0.05) is 29.2 Å². The lowest BCUT2D eigenvalue weighted by Gasteiger charge is -2.19. The maximum Gasteiger partial charge on any atom is 0.253 e. The molecule has 0 spiro atoms. The SMILES string of the molecule is COc1ccc(Br)cc1CN(C)C(=O)c1ccc(C)c(C)c1. The fourth-order valence-electron chi connectivity index (χ4n) is 2.29. The van der Waals surface area contributed by atoms with Gasteiger partial charge in [-0.2, -0.15) is 0 Å². The molecule has 0 atom stereocenters. The maximum absolute atomic E-state index is 12.6. The standard InChI is InChI=1S/C18H20BrNO2/c1-12-5-6-14(9-13(12)2)18(21)20(3)11-15-10-16(19)7-8-17(15)22-4/h5-10H,11H2,1-4H3. The number of hydrogen-bond donors (Lipinski definition) is 0. The topological polar surface area (TPSA) is 29.5 Å². The van der Waals surface area contributed by atoms with Crippen molar-refractivity contribution in [3.8, 4) is 5.75 Å². The largest absolute Gasteiger partial charge is 0.496 e. The molecule has 2 aromatic rings. The van der Waals surface area contributed by atoms with Gasteiger partial charge in [0.1, 0.15) is 5.75 Å². The summed E-state index contributed by atoms with van der Waals surface area (Å²) in [5, 5.41) is 0. The Morgan fingerprint density at radius 3 is 2.50 bits per heavy atom. The van der Waals surface area contributed by atoms with Crippen LogP contribution in [-0.4, -0.2) is 25.0 Å². The number of carbonyl (C=O) groups is 1. The molecule has 116 valence electrons. The number of halogens is 1. The van der Waals surface area contributed by atoms with E-state index in [0.29, 0.717) is 12.1 Å². The Bertz CT molecular complexity index is 697. The van der Waals surface area contributed by atoms with Gasteiger partial charge < -0.3 is 9.64 Å². The zero-order chi connectivity index (χ0) is 16.3. The van der Waals surface area contributed by atoms with Gasteiger partial charge in [0.2, 0.25) is 0 Å². The second-order valence-electron chi connectivity index (χ2n) is 5.42. The van der Waals surface area contributed by atoms with Crippen molar-refractivity contribution < 1.29 is 9.53 Å². The minimum absolute atomic E-state index is 0.00475. The molecule has 1 amide bonds. The summed E-state index contributed by atoms with van der Waals surface area (Å²) in [6.07, 6.45) is 0. The second-order valence-corrected chi connectivity index (χ2v) is 6.33. The van der Waals surface area contributed by atoms with Crippen molar-refractivity contribution in [2.24, 2.45) is 0 Å². The van der Waals surface area contributed by atoms with Crippen LogP contribution in [0.4, 0.5) is 0 Å². The van der Waals surface area contributed by atoms with Gasteiger partial charge in [0.15, 0.2) is 0 Å². The number of methoxy groups -OCH3 is 1. The molecule has 0 aliphatic heterocycles. The van der Waals surface area contributed by atoms with Crippen molar-refractivity contribution in [2.75, 3.05) is 14.2 Å². The highest BCUT2D eigenvalue weighted by atomic mass is 79.9.